The molecule has 1 fully saturated rings. The van der Waals surface area contributed by atoms with E-state index in [0.29, 0.717) is 19.0 Å². The van der Waals surface area contributed by atoms with Gasteiger partial charge in [0.2, 0.25) is 0 Å². The van der Waals surface area contributed by atoms with Crippen molar-refractivity contribution in [2.75, 3.05) is 26.3 Å². The van der Waals surface area contributed by atoms with E-state index < -0.39 is 6.10 Å². The lowest BCUT2D eigenvalue weighted by Gasteiger charge is -2.27. The summed E-state index contributed by atoms with van der Waals surface area (Å²) in [5, 5.41) is 19.5. The zero-order valence-electron chi connectivity index (χ0n) is 12.6. The van der Waals surface area contributed by atoms with Crippen molar-refractivity contribution in [3.05, 3.63) is 29.8 Å². The van der Waals surface area contributed by atoms with E-state index in [1.807, 2.05) is 24.3 Å². The third kappa shape index (κ3) is 4.41. The van der Waals surface area contributed by atoms with Gasteiger partial charge in [-0.15, -0.1) is 0 Å². The summed E-state index contributed by atoms with van der Waals surface area (Å²) in [6.07, 6.45) is 0.503. The minimum Gasteiger partial charge on any atom is -0.491 e. The molecule has 1 saturated heterocycles. The Morgan fingerprint density at radius 1 is 1.48 bits per heavy atom. The first kappa shape index (κ1) is 16.2. The molecule has 0 aromatic heterocycles. The molecule has 1 heterocycles. The first-order valence-electron chi connectivity index (χ1n) is 7.58. The third-order valence-electron chi connectivity index (χ3n) is 4.21. The topological polar surface area (TPSA) is 79.0 Å². The van der Waals surface area contributed by atoms with Gasteiger partial charge in [0.15, 0.2) is 0 Å². The van der Waals surface area contributed by atoms with Crippen molar-refractivity contribution in [3.8, 4) is 5.75 Å². The van der Waals surface area contributed by atoms with Crippen LogP contribution >= 0.6 is 0 Å². The van der Waals surface area contributed by atoms with Gasteiger partial charge < -0.3 is 20.7 Å². The summed E-state index contributed by atoms with van der Waals surface area (Å²) in [6, 6.07) is 7.75. The molecule has 5 heteroatoms. The molecule has 3 unspecified atom stereocenters. The van der Waals surface area contributed by atoms with Crippen LogP contribution in [0.2, 0.25) is 0 Å². The second-order valence-corrected chi connectivity index (χ2v) is 5.83. The Bertz CT molecular complexity index is 441. The summed E-state index contributed by atoms with van der Waals surface area (Å²) in [5.74, 6) is 1.20. The zero-order chi connectivity index (χ0) is 15.2. The number of hydrogen-bond donors (Lipinski definition) is 3. The van der Waals surface area contributed by atoms with Crippen LogP contribution in [0.15, 0.2) is 24.3 Å². The fraction of sp³-hybridized carbons (Fsp3) is 0.625. The Labute approximate surface area is 126 Å². The quantitative estimate of drug-likeness (QED) is 0.686. The lowest BCUT2D eigenvalue weighted by Crippen LogP contribution is -2.41. The maximum Gasteiger partial charge on any atom is 0.119 e. The number of ether oxygens (including phenoxy) is 1. The van der Waals surface area contributed by atoms with E-state index in [9.17, 15) is 10.2 Å². The number of nitrogens with zero attached hydrogens (tertiary/aromatic N) is 1. The molecule has 21 heavy (non-hydrogen) atoms. The summed E-state index contributed by atoms with van der Waals surface area (Å²) >= 11 is 0. The van der Waals surface area contributed by atoms with E-state index in [0.717, 1.165) is 24.3 Å². The highest BCUT2D eigenvalue weighted by molar-refractivity contribution is 5.28. The number of likely N-dealkylation sites (tertiary alicyclic amines) is 1. The minimum atomic E-state index is -0.564. The predicted molar refractivity (Wildman–Crippen MR) is 82.1 cm³/mol. The summed E-state index contributed by atoms with van der Waals surface area (Å²) < 4.78 is 5.62. The second kappa shape index (κ2) is 7.75. The van der Waals surface area contributed by atoms with Crippen LogP contribution in [0.5, 0.6) is 5.75 Å². The SMILES string of the molecule is CC1CCN(CC(O)COc2cccc(CN)c2)C1CO. The lowest BCUT2D eigenvalue weighted by molar-refractivity contribution is 0.0481. The molecule has 1 aromatic rings. The van der Waals surface area contributed by atoms with E-state index in [1.54, 1.807) is 0 Å². The molecule has 1 aromatic carbocycles. The molecule has 2 rings (SSSR count). The van der Waals surface area contributed by atoms with Gasteiger partial charge in [0, 0.05) is 19.1 Å². The number of β-amino-alcohol motifs (C(OH)–C–C–N with tert-alkyl or cyclic N) is 1. The van der Waals surface area contributed by atoms with E-state index in [4.69, 9.17) is 10.5 Å². The normalized spacial score (nSPS) is 24.2. The molecule has 0 amide bonds. The Balaban J connectivity index is 1.80. The molecule has 0 saturated carbocycles. The van der Waals surface area contributed by atoms with Crippen molar-refractivity contribution in [2.24, 2.45) is 11.7 Å². The Morgan fingerprint density at radius 2 is 2.29 bits per heavy atom. The predicted octanol–water partition coefficient (Wildman–Crippen LogP) is 0.588. The van der Waals surface area contributed by atoms with Gasteiger partial charge in [-0.1, -0.05) is 19.1 Å². The fourth-order valence-electron chi connectivity index (χ4n) is 2.89. The fourth-order valence-corrected chi connectivity index (χ4v) is 2.89. The van der Waals surface area contributed by atoms with Gasteiger partial charge in [-0.25, -0.2) is 0 Å². The zero-order valence-corrected chi connectivity index (χ0v) is 12.6. The molecule has 5 nitrogen and oxygen atoms in total. The maximum atomic E-state index is 10.1. The average molecular weight is 294 g/mol. The number of hydrogen-bond acceptors (Lipinski definition) is 5. The van der Waals surface area contributed by atoms with Crippen LogP contribution in [0.25, 0.3) is 0 Å². The van der Waals surface area contributed by atoms with Gasteiger partial charge in [-0.3, -0.25) is 4.90 Å². The Kier molecular flexibility index (Phi) is 5.99. The number of nitrogens with two attached hydrogens (primary N) is 1. The first-order valence-corrected chi connectivity index (χ1v) is 7.58. The molecule has 3 atom stereocenters. The van der Waals surface area contributed by atoms with E-state index in [2.05, 4.69) is 11.8 Å². The molecule has 0 aliphatic carbocycles. The number of aliphatic hydroxyl groups excluding tert-OH is 2. The molecular formula is C16H26N2O3. The summed E-state index contributed by atoms with van der Waals surface area (Å²) in [7, 11) is 0. The van der Waals surface area contributed by atoms with Gasteiger partial charge in [0.25, 0.3) is 0 Å². The Morgan fingerprint density at radius 3 is 3.00 bits per heavy atom. The van der Waals surface area contributed by atoms with Gasteiger partial charge in [-0.2, -0.15) is 0 Å². The molecule has 1 aliphatic heterocycles. The minimum absolute atomic E-state index is 0.146. The van der Waals surface area contributed by atoms with E-state index >= 15 is 0 Å². The lowest BCUT2D eigenvalue weighted by atomic mass is 10.0. The first-order chi connectivity index (χ1) is 10.1. The smallest absolute Gasteiger partial charge is 0.119 e. The van der Waals surface area contributed by atoms with Crippen molar-refractivity contribution in [2.45, 2.75) is 32.0 Å². The van der Waals surface area contributed by atoms with Crippen molar-refractivity contribution >= 4 is 0 Å². The molecule has 0 spiro atoms. The van der Waals surface area contributed by atoms with Crippen LogP contribution in [0.1, 0.15) is 18.9 Å². The maximum absolute atomic E-state index is 10.1. The van der Waals surface area contributed by atoms with E-state index in [1.165, 1.54) is 0 Å². The molecule has 4 N–H and O–H groups in total. The van der Waals surface area contributed by atoms with Crippen LogP contribution in [0, 0.1) is 5.92 Å². The molecule has 1 aliphatic rings. The van der Waals surface area contributed by atoms with Crippen molar-refractivity contribution in [1.82, 2.24) is 4.90 Å². The molecule has 118 valence electrons. The van der Waals surface area contributed by atoms with Gasteiger partial charge in [0.05, 0.1) is 6.61 Å². The number of aliphatic hydroxyl groups is 2. The van der Waals surface area contributed by atoms with Crippen LogP contribution in [0.3, 0.4) is 0 Å². The van der Waals surface area contributed by atoms with Gasteiger partial charge in [0.1, 0.15) is 18.5 Å². The summed E-state index contributed by atoms with van der Waals surface area (Å²) in [5.41, 5.74) is 6.60. The average Bonchev–Trinajstić information content (AvgIpc) is 2.85. The van der Waals surface area contributed by atoms with Crippen LogP contribution < -0.4 is 10.5 Å². The van der Waals surface area contributed by atoms with Gasteiger partial charge >= 0.3 is 0 Å². The van der Waals surface area contributed by atoms with Gasteiger partial charge in [-0.05, 0) is 36.6 Å². The van der Waals surface area contributed by atoms with Crippen LogP contribution in [-0.2, 0) is 6.54 Å². The second-order valence-electron chi connectivity index (χ2n) is 5.83. The monoisotopic (exact) mass is 294 g/mol. The number of benzene rings is 1. The van der Waals surface area contributed by atoms with Crippen LogP contribution in [-0.4, -0.2) is 53.6 Å². The highest BCUT2D eigenvalue weighted by Gasteiger charge is 2.31. The summed E-state index contributed by atoms with van der Waals surface area (Å²) in [4.78, 5) is 2.15. The van der Waals surface area contributed by atoms with Crippen LogP contribution in [0.4, 0.5) is 0 Å². The molecule has 0 bridgehead atoms. The highest BCUT2D eigenvalue weighted by atomic mass is 16.5. The Hall–Kier alpha value is -1.14. The number of rotatable bonds is 7. The third-order valence-corrected chi connectivity index (χ3v) is 4.21. The van der Waals surface area contributed by atoms with Crippen molar-refractivity contribution < 1.29 is 14.9 Å². The summed E-state index contributed by atoms with van der Waals surface area (Å²) in [6.45, 7) is 4.47. The standard InChI is InChI=1S/C16H26N2O3/c1-12-5-6-18(16(12)10-19)9-14(20)11-21-15-4-2-3-13(7-15)8-17/h2-4,7,12,14,16,19-20H,5-6,8-11,17H2,1H3. The largest absolute Gasteiger partial charge is 0.491 e. The van der Waals surface area contributed by atoms with Crippen molar-refractivity contribution in [1.29, 1.82) is 0 Å². The van der Waals surface area contributed by atoms with E-state index in [-0.39, 0.29) is 19.3 Å². The molecule has 0 radical (unpaired) electrons. The molecular weight excluding hydrogens is 268 g/mol. The highest BCUT2D eigenvalue weighted by Crippen LogP contribution is 2.23. The van der Waals surface area contributed by atoms with Crippen molar-refractivity contribution in [3.63, 3.8) is 0 Å².